The number of nitrogens with one attached hydrogen (secondary N) is 1. The second kappa shape index (κ2) is 1.91. The van der Waals surface area contributed by atoms with Crippen molar-refractivity contribution in [1.82, 2.24) is 4.13 Å². The summed E-state index contributed by atoms with van der Waals surface area (Å²) in [5, 5.41) is 2.09. The molecule has 3 heteroatoms. The molecule has 0 unspecified atom stereocenters. The largest absolute Gasteiger partial charge is 0.200 e. The molecule has 0 spiro atoms. The van der Waals surface area contributed by atoms with Crippen molar-refractivity contribution in [2.24, 2.45) is 0 Å². The van der Waals surface area contributed by atoms with Gasteiger partial charge in [-0.1, -0.05) is 0 Å². The van der Waals surface area contributed by atoms with Crippen molar-refractivity contribution in [2.75, 3.05) is 0 Å². The molecule has 0 aromatic heterocycles. The first-order valence-electron chi connectivity index (χ1n) is 1.64. The van der Waals surface area contributed by atoms with Crippen molar-refractivity contribution < 1.29 is 0 Å². The van der Waals surface area contributed by atoms with E-state index in [4.69, 9.17) is 0 Å². The van der Waals surface area contributed by atoms with Gasteiger partial charge in [0.2, 0.25) is 0 Å². The van der Waals surface area contributed by atoms with Gasteiger partial charge in [0, 0.05) is 4.91 Å². The van der Waals surface area contributed by atoms with Crippen LogP contribution in [0.1, 0.15) is 6.92 Å². The van der Waals surface area contributed by atoms with E-state index in [-0.39, 0.29) is 0 Å². The molecule has 1 N–H and O–H groups in total. The van der Waals surface area contributed by atoms with E-state index in [0.29, 0.717) is 0 Å². The Labute approximate surface area is 45.8 Å². The predicted octanol–water partition coefficient (Wildman–Crippen LogP) is 1.75. The molecule has 0 aromatic carbocycles. The third kappa shape index (κ3) is 0.929. The first kappa shape index (κ1) is 4.56. The first-order chi connectivity index (χ1) is 2.89. The van der Waals surface area contributed by atoms with Crippen LogP contribution in [0.4, 0.5) is 0 Å². The average molecular weight is 119 g/mol. The van der Waals surface area contributed by atoms with Gasteiger partial charge in [-0.3, -0.25) is 0 Å². The van der Waals surface area contributed by atoms with Crippen LogP contribution in [0.15, 0.2) is 10.3 Å². The lowest BCUT2D eigenvalue weighted by atomic mass is 10.8. The molecule has 0 bridgehead atoms. The minimum Gasteiger partial charge on any atom is -0.200 e. The Bertz CT molecular complexity index is 78.9. The van der Waals surface area contributed by atoms with Crippen LogP contribution in [0, 0.1) is 0 Å². The molecule has 6 heavy (non-hydrogen) atoms. The Morgan fingerprint density at radius 3 is 2.83 bits per heavy atom. The fraction of sp³-hybridized carbons (Fsp3) is 0.333. The zero-order chi connectivity index (χ0) is 4.41. The lowest BCUT2D eigenvalue weighted by Crippen LogP contribution is -1.74. The quantitative estimate of drug-likeness (QED) is 0.488. The molecule has 1 heterocycles. The van der Waals surface area contributed by atoms with Crippen molar-refractivity contribution in [1.29, 1.82) is 0 Å². The van der Waals surface area contributed by atoms with E-state index in [1.165, 1.54) is 4.91 Å². The number of allylic oxidation sites excluding steroid dienone is 1. The Hall–Kier alpha value is 0.400. The highest BCUT2D eigenvalue weighted by Gasteiger charge is 1.95. The van der Waals surface area contributed by atoms with Crippen LogP contribution in [0.25, 0.3) is 0 Å². The molecule has 1 nitrogen and oxygen atoms in total. The van der Waals surface area contributed by atoms with E-state index in [0.717, 1.165) is 0 Å². The third-order valence-electron chi connectivity index (χ3n) is 0.476. The van der Waals surface area contributed by atoms with Gasteiger partial charge in [0.1, 0.15) is 0 Å². The van der Waals surface area contributed by atoms with Crippen LogP contribution in [0.5, 0.6) is 0 Å². The summed E-state index contributed by atoms with van der Waals surface area (Å²) < 4.78 is 3.01. The lowest BCUT2D eigenvalue weighted by Gasteiger charge is -1.80. The standard InChI is InChI=1S/C3H5NS2/c1-3-2-5-4-6-3/h2,4H,1H3. The maximum absolute atomic E-state index is 3.01. The van der Waals surface area contributed by atoms with Gasteiger partial charge in [-0.15, -0.1) is 0 Å². The summed E-state index contributed by atoms with van der Waals surface area (Å²) in [4.78, 5) is 1.35. The van der Waals surface area contributed by atoms with Crippen LogP contribution in [-0.4, -0.2) is 0 Å². The van der Waals surface area contributed by atoms with E-state index in [1.807, 2.05) is 0 Å². The molecule has 0 fully saturated rings. The first-order valence-corrected chi connectivity index (χ1v) is 3.33. The van der Waals surface area contributed by atoms with Crippen molar-refractivity contribution in [2.45, 2.75) is 6.92 Å². The highest BCUT2D eigenvalue weighted by atomic mass is 32.2. The van der Waals surface area contributed by atoms with Gasteiger partial charge >= 0.3 is 0 Å². The summed E-state index contributed by atoms with van der Waals surface area (Å²) in [6.45, 7) is 2.08. The van der Waals surface area contributed by atoms with Gasteiger partial charge in [-0.2, -0.15) is 0 Å². The molecule has 0 saturated carbocycles. The van der Waals surface area contributed by atoms with Crippen molar-refractivity contribution in [3.8, 4) is 0 Å². The van der Waals surface area contributed by atoms with Crippen molar-refractivity contribution in [3.05, 3.63) is 10.3 Å². The summed E-state index contributed by atoms with van der Waals surface area (Å²) >= 11 is 3.30. The van der Waals surface area contributed by atoms with Gasteiger partial charge in [-0.05, 0) is 36.2 Å². The zero-order valence-electron chi connectivity index (χ0n) is 3.39. The van der Waals surface area contributed by atoms with Crippen LogP contribution < -0.4 is 4.13 Å². The average Bonchev–Trinajstić information content (AvgIpc) is 1.86. The normalized spacial score (nSPS) is 21.2. The van der Waals surface area contributed by atoms with Gasteiger partial charge in [-0.25, -0.2) is 4.13 Å². The third-order valence-corrected chi connectivity index (χ3v) is 2.25. The van der Waals surface area contributed by atoms with Crippen LogP contribution in [0.3, 0.4) is 0 Å². The van der Waals surface area contributed by atoms with Crippen LogP contribution in [0.2, 0.25) is 0 Å². The van der Waals surface area contributed by atoms with Crippen LogP contribution >= 0.6 is 23.9 Å². The molecule has 34 valence electrons. The smallest absolute Gasteiger partial charge is 0.00568 e. The molecule has 1 aliphatic heterocycles. The SMILES string of the molecule is CC1=CSNS1. The van der Waals surface area contributed by atoms with Crippen molar-refractivity contribution >= 4 is 23.9 Å². The Kier molecular flexibility index (Phi) is 1.45. The molecule has 1 aliphatic rings. The highest BCUT2D eigenvalue weighted by molar-refractivity contribution is 8.18. The number of hydrogen-bond acceptors (Lipinski definition) is 3. The Morgan fingerprint density at radius 1 is 1.83 bits per heavy atom. The van der Waals surface area contributed by atoms with E-state index < -0.39 is 0 Å². The molecule has 0 radical (unpaired) electrons. The Balaban J connectivity index is 2.45. The summed E-state index contributed by atoms with van der Waals surface area (Å²) in [7, 11) is 0. The van der Waals surface area contributed by atoms with Gasteiger partial charge in [0.05, 0.1) is 0 Å². The summed E-state index contributed by atoms with van der Waals surface area (Å²) in [6.07, 6.45) is 0. The maximum atomic E-state index is 3.01. The lowest BCUT2D eigenvalue weighted by molar-refractivity contribution is 1.70. The minimum atomic E-state index is 1.35. The minimum absolute atomic E-state index is 1.35. The molecule has 0 aromatic rings. The van der Waals surface area contributed by atoms with Gasteiger partial charge in [0.15, 0.2) is 0 Å². The topological polar surface area (TPSA) is 12.0 Å². The summed E-state index contributed by atoms with van der Waals surface area (Å²) in [6, 6.07) is 0. The molecular formula is C3H5NS2. The summed E-state index contributed by atoms with van der Waals surface area (Å²) in [5.74, 6) is 0. The highest BCUT2D eigenvalue weighted by Crippen LogP contribution is 2.24. The second-order valence-electron chi connectivity index (χ2n) is 1.03. The monoisotopic (exact) mass is 119 g/mol. The molecular weight excluding hydrogens is 114 g/mol. The maximum Gasteiger partial charge on any atom is 0.00568 e. The number of hydrogen-bond donors (Lipinski definition) is 1. The van der Waals surface area contributed by atoms with Gasteiger partial charge < -0.3 is 0 Å². The van der Waals surface area contributed by atoms with Crippen molar-refractivity contribution in [3.63, 3.8) is 0 Å². The van der Waals surface area contributed by atoms with Gasteiger partial charge in [0.25, 0.3) is 0 Å². The van der Waals surface area contributed by atoms with E-state index in [2.05, 4.69) is 16.5 Å². The fourth-order valence-electron chi connectivity index (χ4n) is 0.221. The fourth-order valence-corrected chi connectivity index (χ4v) is 1.63. The molecule has 0 saturated heterocycles. The molecule has 0 aliphatic carbocycles. The van der Waals surface area contributed by atoms with E-state index in [9.17, 15) is 0 Å². The second-order valence-corrected chi connectivity index (χ2v) is 3.02. The zero-order valence-corrected chi connectivity index (χ0v) is 5.03. The predicted molar refractivity (Wildman–Crippen MR) is 32.1 cm³/mol. The van der Waals surface area contributed by atoms with E-state index >= 15 is 0 Å². The molecule has 0 atom stereocenters. The Morgan fingerprint density at radius 2 is 2.67 bits per heavy atom. The van der Waals surface area contributed by atoms with E-state index in [1.54, 1.807) is 23.9 Å². The summed E-state index contributed by atoms with van der Waals surface area (Å²) in [5.41, 5.74) is 0. The van der Waals surface area contributed by atoms with Crippen LogP contribution in [-0.2, 0) is 0 Å². The number of rotatable bonds is 0. The molecule has 0 amide bonds. The molecule has 1 rings (SSSR count).